The first-order valence-electron chi connectivity index (χ1n) is 14.5. The molecule has 0 amide bonds. The van der Waals surface area contributed by atoms with Crippen LogP contribution in [0.1, 0.15) is 46.4 Å². The molecular weight excluding hydrogens is 508 g/mol. The molecule has 0 radical (unpaired) electrons. The molecule has 4 rings (SSSR count). The van der Waals surface area contributed by atoms with Gasteiger partial charge in [-0.2, -0.15) is 0 Å². The summed E-state index contributed by atoms with van der Waals surface area (Å²) in [6.45, 7) is 4.82. The number of likely N-dealkylation sites (N-methyl/N-ethyl adjacent to an activating group) is 2. The smallest absolute Gasteiger partial charge is 0.216 e. The molecule has 2 fully saturated rings. The summed E-state index contributed by atoms with van der Waals surface area (Å²) in [6, 6.07) is 15.4. The predicted molar refractivity (Wildman–Crippen MR) is 154 cm³/mol. The Morgan fingerprint density at radius 1 is 0.575 bits per heavy atom. The van der Waals surface area contributed by atoms with E-state index in [1.807, 2.05) is 76.7 Å². The minimum atomic E-state index is -0.267. The summed E-state index contributed by atoms with van der Waals surface area (Å²) in [4.78, 5) is 26.1. The van der Waals surface area contributed by atoms with Crippen LogP contribution < -0.4 is 0 Å². The molecule has 2 heterocycles. The van der Waals surface area contributed by atoms with Crippen LogP contribution in [0.4, 0.5) is 0 Å². The number of ketones is 2. The molecular formula is C32H46N2O6+2. The molecule has 40 heavy (non-hydrogen) atoms. The van der Waals surface area contributed by atoms with E-state index in [4.69, 9.17) is 18.9 Å². The lowest BCUT2D eigenvalue weighted by Gasteiger charge is -2.32. The zero-order valence-corrected chi connectivity index (χ0v) is 24.6. The lowest BCUT2D eigenvalue weighted by atomic mass is 10.00. The molecule has 8 heteroatoms. The number of benzene rings is 2. The highest BCUT2D eigenvalue weighted by Crippen LogP contribution is 2.22. The molecule has 2 aromatic rings. The van der Waals surface area contributed by atoms with Crippen molar-refractivity contribution in [2.24, 2.45) is 0 Å². The van der Waals surface area contributed by atoms with Gasteiger partial charge in [0, 0.05) is 11.1 Å². The number of nitrogens with zero attached hydrogens (tertiary/aromatic N) is 2. The predicted octanol–water partition coefficient (Wildman–Crippen LogP) is 4.18. The fourth-order valence-corrected chi connectivity index (χ4v) is 5.17. The van der Waals surface area contributed by atoms with E-state index >= 15 is 0 Å². The molecule has 0 spiro atoms. The maximum absolute atomic E-state index is 13.0. The Labute approximate surface area is 238 Å². The Morgan fingerprint density at radius 3 is 1.18 bits per heavy atom. The van der Waals surface area contributed by atoms with Crippen molar-refractivity contribution in [3.05, 3.63) is 59.7 Å². The first-order chi connectivity index (χ1) is 19.1. The quantitative estimate of drug-likeness (QED) is 0.307. The molecule has 2 aliphatic rings. The van der Waals surface area contributed by atoms with Crippen LogP contribution in [-0.4, -0.2) is 114 Å². The molecule has 0 saturated carbocycles. The van der Waals surface area contributed by atoms with Gasteiger partial charge in [0.2, 0.25) is 24.1 Å². The number of rotatable bonds is 11. The lowest BCUT2D eigenvalue weighted by Crippen LogP contribution is -2.49. The molecule has 0 aliphatic carbocycles. The Bertz CT molecular complexity index is 1010. The van der Waals surface area contributed by atoms with E-state index in [0.29, 0.717) is 72.7 Å². The molecule has 0 aromatic heterocycles. The first kappa shape index (κ1) is 30.5. The van der Waals surface area contributed by atoms with E-state index < -0.39 is 0 Å². The summed E-state index contributed by atoms with van der Waals surface area (Å²) in [5.41, 5.74) is 3.38. The zero-order chi connectivity index (χ0) is 28.6. The zero-order valence-electron chi connectivity index (χ0n) is 24.6. The number of quaternary nitrogens is 2. The molecule has 0 N–H and O–H groups in total. The Kier molecular flexibility index (Phi) is 10.6. The summed E-state index contributed by atoms with van der Waals surface area (Å²) in [5, 5.41) is 0. The van der Waals surface area contributed by atoms with E-state index in [2.05, 4.69) is 0 Å². The van der Waals surface area contributed by atoms with Crippen LogP contribution in [0.15, 0.2) is 48.5 Å². The number of hydrogen-bond donors (Lipinski definition) is 0. The third-order valence-electron chi connectivity index (χ3n) is 7.47. The van der Waals surface area contributed by atoms with Crippen molar-refractivity contribution in [2.45, 2.75) is 38.3 Å². The molecule has 2 aromatic carbocycles. The van der Waals surface area contributed by atoms with Gasteiger partial charge in [-0.1, -0.05) is 48.5 Å². The average Bonchev–Trinajstić information content (AvgIpc) is 3.32. The number of Topliss-reactive ketones (excluding diaryl/α,β-unsaturated/α-hetero) is 2. The fraction of sp³-hybridized carbons (Fsp3) is 0.562. The highest BCUT2D eigenvalue weighted by molar-refractivity contribution is 5.98. The second kappa shape index (κ2) is 13.9. The van der Waals surface area contributed by atoms with E-state index in [1.54, 1.807) is 0 Å². The third-order valence-corrected chi connectivity index (χ3v) is 7.47. The Balaban J connectivity index is 1.31. The summed E-state index contributed by atoms with van der Waals surface area (Å²) < 4.78 is 24.2. The van der Waals surface area contributed by atoms with Gasteiger partial charge in [0.1, 0.15) is 26.2 Å². The number of carbonyl (C=O) groups excluding carboxylic acids is 2. The second-order valence-corrected chi connectivity index (χ2v) is 12.3. The van der Waals surface area contributed by atoms with Crippen LogP contribution in [0.3, 0.4) is 0 Å². The van der Waals surface area contributed by atoms with Gasteiger partial charge >= 0.3 is 0 Å². The van der Waals surface area contributed by atoms with Crippen molar-refractivity contribution < 1.29 is 37.5 Å². The van der Waals surface area contributed by atoms with Gasteiger partial charge in [0.25, 0.3) is 0 Å². The molecule has 218 valence electrons. The van der Waals surface area contributed by atoms with E-state index in [1.165, 1.54) is 0 Å². The average molecular weight is 555 g/mol. The number of ether oxygens (including phenoxy) is 4. The van der Waals surface area contributed by atoms with Crippen molar-refractivity contribution in [1.82, 2.24) is 0 Å². The SMILES string of the molecule is C[N+](C)(CC(=O)c1ccc(-c2ccc(C(=O)C[N+](C)(C)CC3OCCCCO3)cc2)cc1)CC1OCCCCO1. The first-order valence-corrected chi connectivity index (χ1v) is 14.5. The van der Waals surface area contributed by atoms with Crippen LogP contribution in [0.5, 0.6) is 0 Å². The Morgan fingerprint density at radius 2 is 0.875 bits per heavy atom. The Hall–Kier alpha value is -2.46. The molecule has 0 unspecified atom stereocenters. The summed E-state index contributed by atoms with van der Waals surface area (Å²) >= 11 is 0. The van der Waals surface area contributed by atoms with Crippen LogP contribution >= 0.6 is 0 Å². The van der Waals surface area contributed by atoms with Crippen LogP contribution in [0.25, 0.3) is 11.1 Å². The van der Waals surface area contributed by atoms with Crippen molar-refractivity contribution >= 4 is 11.6 Å². The fourth-order valence-electron chi connectivity index (χ4n) is 5.17. The highest BCUT2D eigenvalue weighted by Gasteiger charge is 2.29. The maximum atomic E-state index is 13.0. The standard InChI is InChI=1S/C32H46N2O6/c1-33(2,23-31-37-17-5-6-18-38-31)21-29(35)27-13-9-25(10-14-27)26-11-15-28(16-12-26)30(36)22-34(3,4)24-32-39-19-7-8-20-40-32/h9-16,31-32H,5-8,17-24H2,1-4H3/q+2. The van der Waals surface area contributed by atoms with Gasteiger partial charge in [0.05, 0.1) is 54.6 Å². The molecule has 2 aliphatic heterocycles. The van der Waals surface area contributed by atoms with Gasteiger partial charge < -0.3 is 27.9 Å². The van der Waals surface area contributed by atoms with Crippen LogP contribution in [0, 0.1) is 0 Å². The monoisotopic (exact) mass is 554 g/mol. The largest absolute Gasteiger partial charge is 0.348 e. The van der Waals surface area contributed by atoms with Crippen molar-refractivity contribution in [3.8, 4) is 11.1 Å². The second-order valence-electron chi connectivity index (χ2n) is 12.3. The number of hydrogen-bond acceptors (Lipinski definition) is 6. The number of carbonyl (C=O) groups is 2. The lowest BCUT2D eigenvalue weighted by molar-refractivity contribution is -0.888. The van der Waals surface area contributed by atoms with Crippen molar-refractivity contribution in [2.75, 3.05) is 80.8 Å². The topological polar surface area (TPSA) is 71.1 Å². The van der Waals surface area contributed by atoms with Crippen LogP contribution in [-0.2, 0) is 18.9 Å². The molecule has 0 bridgehead atoms. The van der Waals surface area contributed by atoms with E-state index in [-0.39, 0.29) is 24.1 Å². The van der Waals surface area contributed by atoms with Gasteiger partial charge in [-0.05, 0) is 36.8 Å². The van der Waals surface area contributed by atoms with Gasteiger partial charge in [-0.3, -0.25) is 9.59 Å². The van der Waals surface area contributed by atoms with E-state index in [0.717, 1.165) is 36.8 Å². The molecule has 0 atom stereocenters. The van der Waals surface area contributed by atoms with Crippen molar-refractivity contribution in [1.29, 1.82) is 0 Å². The minimum Gasteiger partial charge on any atom is -0.348 e. The maximum Gasteiger partial charge on any atom is 0.216 e. The van der Waals surface area contributed by atoms with Gasteiger partial charge in [0.15, 0.2) is 0 Å². The summed E-state index contributed by atoms with van der Waals surface area (Å²) in [5.74, 6) is 0.179. The normalized spacial score (nSPS) is 18.2. The van der Waals surface area contributed by atoms with Gasteiger partial charge in [-0.15, -0.1) is 0 Å². The summed E-state index contributed by atoms with van der Waals surface area (Å²) in [6.07, 6.45) is 3.51. The van der Waals surface area contributed by atoms with Crippen LogP contribution in [0.2, 0.25) is 0 Å². The highest BCUT2D eigenvalue weighted by atomic mass is 16.7. The van der Waals surface area contributed by atoms with Gasteiger partial charge in [-0.25, -0.2) is 0 Å². The van der Waals surface area contributed by atoms with Crippen molar-refractivity contribution in [3.63, 3.8) is 0 Å². The minimum absolute atomic E-state index is 0.0894. The van der Waals surface area contributed by atoms with E-state index in [9.17, 15) is 9.59 Å². The molecule has 8 nitrogen and oxygen atoms in total. The third kappa shape index (κ3) is 9.29. The molecule has 2 saturated heterocycles. The summed E-state index contributed by atoms with van der Waals surface area (Å²) in [7, 11) is 8.13.